The van der Waals surface area contributed by atoms with Crippen molar-refractivity contribution < 1.29 is 9.53 Å². The molecule has 2 unspecified atom stereocenters. The Bertz CT molecular complexity index is 666. The van der Waals surface area contributed by atoms with Crippen molar-refractivity contribution in [1.29, 1.82) is 0 Å². The highest BCUT2D eigenvalue weighted by atomic mass is 16.5. The Kier molecular flexibility index (Phi) is 4.37. The molecule has 120 valence electrons. The number of ether oxygens (including phenoxy) is 1. The normalized spacial score (nSPS) is 24.3. The molecule has 3 rings (SSSR count). The number of ketones is 1. The summed E-state index contributed by atoms with van der Waals surface area (Å²) in [5, 5.41) is 3.50. The van der Waals surface area contributed by atoms with E-state index in [1.807, 2.05) is 49.4 Å². The van der Waals surface area contributed by atoms with Crippen LogP contribution in [0.1, 0.15) is 37.7 Å². The number of para-hydroxylation sites is 1. The van der Waals surface area contributed by atoms with Gasteiger partial charge in [0.15, 0.2) is 5.78 Å². The Morgan fingerprint density at radius 3 is 2.43 bits per heavy atom. The van der Waals surface area contributed by atoms with Crippen molar-refractivity contribution in [3.05, 3.63) is 60.2 Å². The molecule has 1 aliphatic carbocycles. The summed E-state index contributed by atoms with van der Waals surface area (Å²) in [6.45, 7) is 2.04. The van der Waals surface area contributed by atoms with Gasteiger partial charge in [0.05, 0.1) is 7.11 Å². The lowest BCUT2D eigenvalue weighted by atomic mass is 9.69. The molecule has 0 aromatic heterocycles. The monoisotopic (exact) mass is 309 g/mol. The lowest BCUT2D eigenvalue weighted by Crippen LogP contribution is -2.51. The Hall–Kier alpha value is -2.29. The minimum atomic E-state index is -0.575. The summed E-state index contributed by atoms with van der Waals surface area (Å²) in [6, 6.07) is 18.1. The van der Waals surface area contributed by atoms with E-state index in [0.717, 1.165) is 24.3 Å². The highest BCUT2D eigenvalue weighted by molar-refractivity contribution is 5.93. The molecule has 0 heterocycles. The smallest absolute Gasteiger partial charge is 0.158 e. The van der Waals surface area contributed by atoms with Crippen molar-refractivity contribution in [2.45, 2.75) is 37.6 Å². The van der Waals surface area contributed by atoms with Crippen LogP contribution in [0.3, 0.4) is 0 Å². The van der Waals surface area contributed by atoms with Crippen LogP contribution in [0.4, 0.5) is 5.69 Å². The maximum absolute atomic E-state index is 12.7. The lowest BCUT2D eigenvalue weighted by molar-refractivity contribution is -0.125. The van der Waals surface area contributed by atoms with E-state index in [4.69, 9.17) is 4.74 Å². The Balaban J connectivity index is 1.93. The molecular weight excluding hydrogens is 286 g/mol. The number of nitrogens with one attached hydrogen (secondary N) is 1. The van der Waals surface area contributed by atoms with Gasteiger partial charge < -0.3 is 10.1 Å². The van der Waals surface area contributed by atoms with Crippen LogP contribution in [0.2, 0.25) is 0 Å². The number of methoxy groups -OCH3 is 1. The second kappa shape index (κ2) is 6.45. The summed E-state index contributed by atoms with van der Waals surface area (Å²) in [6.07, 6.45) is 2.60. The third kappa shape index (κ3) is 3.09. The van der Waals surface area contributed by atoms with Crippen molar-refractivity contribution in [3.8, 4) is 5.75 Å². The van der Waals surface area contributed by atoms with E-state index in [1.54, 1.807) is 7.11 Å². The van der Waals surface area contributed by atoms with Gasteiger partial charge in [-0.25, -0.2) is 0 Å². The molecule has 1 aliphatic rings. The van der Waals surface area contributed by atoms with Crippen LogP contribution in [-0.2, 0) is 4.79 Å². The molecule has 2 aromatic carbocycles. The van der Waals surface area contributed by atoms with Gasteiger partial charge in [0.25, 0.3) is 0 Å². The SMILES string of the molecule is COc1ccc(C2CCCC(=O)C2(C)Nc2ccccc2)cc1. The number of hydrogen-bond acceptors (Lipinski definition) is 3. The van der Waals surface area contributed by atoms with E-state index in [1.165, 1.54) is 5.56 Å². The van der Waals surface area contributed by atoms with E-state index in [9.17, 15) is 4.79 Å². The highest BCUT2D eigenvalue weighted by Gasteiger charge is 2.44. The van der Waals surface area contributed by atoms with Crippen LogP contribution in [0.25, 0.3) is 0 Å². The first-order valence-corrected chi connectivity index (χ1v) is 8.14. The summed E-state index contributed by atoms with van der Waals surface area (Å²) in [5.41, 5.74) is 1.60. The molecule has 1 N–H and O–H groups in total. The zero-order valence-electron chi connectivity index (χ0n) is 13.7. The van der Waals surface area contributed by atoms with E-state index in [2.05, 4.69) is 17.4 Å². The molecule has 0 radical (unpaired) electrons. The zero-order valence-corrected chi connectivity index (χ0v) is 13.7. The van der Waals surface area contributed by atoms with Gasteiger partial charge in [-0.1, -0.05) is 30.3 Å². The molecular formula is C20H23NO2. The van der Waals surface area contributed by atoms with Gasteiger partial charge in [-0.3, -0.25) is 4.79 Å². The predicted octanol–water partition coefficient (Wildman–Crippen LogP) is 4.40. The van der Waals surface area contributed by atoms with Gasteiger partial charge in [-0.15, -0.1) is 0 Å². The van der Waals surface area contributed by atoms with Crippen molar-refractivity contribution in [1.82, 2.24) is 0 Å². The first-order valence-electron chi connectivity index (χ1n) is 8.14. The Morgan fingerprint density at radius 2 is 1.78 bits per heavy atom. The van der Waals surface area contributed by atoms with Gasteiger partial charge in [0, 0.05) is 18.0 Å². The number of carbonyl (C=O) groups is 1. The fraction of sp³-hybridized carbons (Fsp3) is 0.350. The lowest BCUT2D eigenvalue weighted by Gasteiger charge is -2.41. The Morgan fingerprint density at radius 1 is 1.09 bits per heavy atom. The number of hydrogen-bond donors (Lipinski definition) is 1. The van der Waals surface area contributed by atoms with E-state index in [0.29, 0.717) is 6.42 Å². The number of rotatable bonds is 4. The highest BCUT2D eigenvalue weighted by Crippen LogP contribution is 2.41. The molecule has 3 nitrogen and oxygen atoms in total. The predicted molar refractivity (Wildman–Crippen MR) is 93.1 cm³/mol. The zero-order chi connectivity index (χ0) is 16.3. The first-order chi connectivity index (χ1) is 11.1. The summed E-state index contributed by atoms with van der Waals surface area (Å²) >= 11 is 0. The molecule has 0 aliphatic heterocycles. The van der Waals surface area contributed by atoms with E-state index in [-0.39, 0.29) is 11.7 Å². The molecule has 3 heteroatoms. The van der Waals surface area contributed by atoms with Gasteiger partial charge in [0.1, 0.15) is 11.3 Å². The van der Waals surface area contributed by atoms with Crippen molar-refractivity contribution in [3.63, 3.8) is 0 Å². The number of anilines is 1. The van der Waals surface area contributed by atoms with Crippen LogP contribution in [0.5, 0.6) is 5.75 Å². The average Bonchev–Trinajstić information content (AvgIpc) is 2.58. The third-order valence-corrected chi connectivity index (χ3v) is 4.87. The quantitative estimate of drug-likeness (QED) is 0.909. The molecule has 0 bridgehead atoms. The third-order valence-electron chi connectivity index (χ3n) is 4.87. The number of benzene rings is 2. The molecule has 23 heavy (non-hydrogen) atoms. The van der Waals surface area contributed by atoms with Gasteiger partial charge in [-0.2, -0.15) is 0 Å². The number of Topliss-reactive ketones (excluding diaryl/α,β-unsaturated/α-hetero) is 1. The van der Waals surface area contributed by atoms with Crippen LogP contribution in [-0.4, -0.2) is 18.4 Å². The summed E-state index contributed by atoms with van der Waals surface area (Å²) in [7, 11) is 1.67. The van der Waals surface area contributed by atoms with E-state index >= 15 is 0 Å². The van der Waals surface area contributed by atoms with Crippen LogP contribution in [0, 0.1) is 0 Å². The maximum atomic E-state index is 12.7. The molecule has 0 spiro atoms. The number of carbonyl (C=O) groups excluding carboxylic acids is 1. The van der Waals surface area contributed by atoms with Gasteiger partial charge >= 0.3 is 0 Å². The maximum Gasteiger partial charge on any atom is 0.158 e. The van der Waals surface area contributed by atoms with Crippen molar-refractivity contribution in [2.24, 2.45) is 0 Å². The topological polar surface area (TPSA) is 38.3 Å². The molecule has 0 saturated heterocycles. The van der Waals surface area contributed by atoms with Crippen LogP contribution in [0.15, 0.2) is 54.6 Å². The fourth-order valence-corrected chi connectivity index (χ4v) is 3.52. The molecule has 1 saturated carbocycles. The van der Waals surface area contributed by atoms with Gasteiger partial charge in [-0.05, 0) is 49.6 Å². The van der Waals surface area contributed by atoms with Crippen LogP contribution < -0.4 is 10.1 Å². The van der Waals surface area contributed by atoms with Crippen molar-refractivity contribution >= 4 is 11.5 Å². The summed E-state index contributed by atoms with van der Waals surface area (Å²) in [4.78, 5) is 12.7. The average molecular weight is 309 g/mol. The fourth-order valence-electron chi connectivity index (χ4n) is 3.52. The van der Waals surface area contributed by atoms with Crippen molar-refractivity contribution in [2.75, 3.05) is 12.4 Å². The molecule has 1 fully saturated rings. The van der Waals surface area contributed by atoms with Crippen LogP contribution >= 0.6 is 0 Å². The minimum absolute atomic E-state index is 0.162. The van der Waals surface area contributed by atoms with E-state index < -0.39 is 5.54 Å². The minimum Gasteiger partial charge on any atom is -0.497 e. The largest absolute Gasteiger partial charge is 0.497 e. The summed E-state index contributed by atoms with van der Waals surface area (Å²) in [5.74, 6) is 1.29. The first kappa shape index (κ1) is 15.6. The Labute approximate surface area is 137 Å². The molecule has 0 amide bonds. The van der Waals surface area contributed by atoms with Gasteiger partial charge in [0.2, 0.25) is 0 Å². The standard InChI is InChI=1S/C20H23NO2/c1-20(21-16-7-4-3-5-8-16)18(9-6-10-19(20)22)15-11-13-17(23-2)14-12-15/h3-5,7-8,11-14,18,21H,6,9-10H2,1-2H3. The second-order valence-electron chi connectivity index (χ2n) is 6.33. The summed E-state index contributed by atoms with van der Waals surface area (Å²) < 4.78 is 5.24. The molecule has 2 atom stereocenters. The second-order valence-corrected chi connectivity index (χ2v) is 6.33. The molecule has 2 aromatic rings.